The molecule has 2 saturated heterocycles. The zero-order chi connectivity index (χ0) is 11.8. The van der Waals surface area contributed by atoms with Crippen molar-refractivity contribution in [2.24, 2.45) is 0 Å². The number of hydrogen-bond acceptors (Lipinski definition) is 6. The summed E-state index contributed by atoms with van der Waals surface area (Å²) in [5, 5.41) is 0. The molecule has 2 aliphatic heterocycles. The fourth-order valence-electron chi connectivity index (χ4n) is 1.94. The standard InChI is InChI=1S/C10H12O6/c1-2-14-8(12)6-5-10(9(13)15-6)4-3-7(11)16-10/h6H,2-5H2,1H3/t6-,10+/m1/s1. The molecule has 2 rings (SSSR count). The van der Waals surface area contributed by atoms with Crippen LogP contribution in [0.3, 0.4) is 0 Å². The number of carbonyl (C=O) groups excluding carboxylic acids is 3. The van der Waals surface area contributed by atoms with E-state index in [2.05, 4.69) is 0 Å². The van der Waals surface area contributed by atoms with Crippen LogP contribution in [0, 0.1) is 0 Å². The summed E-state index contributed by atoms with van der Waals surface area (Å²) in [7, 11) is 0. The second-order valence-corrected chi connectivity index (χ2v) is 3.82. The van der Waals surface area contributed by atoms with Gasteiger partial charge in [0.25, 0.3) is 0 Å². The van der Waals surface area contributed by atoms with Crippen LogP contribution in [0.15, 0.2) is 0 Å². The lowest BCUT2D eigenvalue weighted by molar-refractivity contribution is -0.167. The molecule has 0 aromatic carbocycles. The molecule has 0 radical (unpaired) electrons. The van der Waals surface area contributed by atoms with Crippen molar-refractivity contribution >= 4 is 17.9 Å². The number of cyclic esters (lactones) is 1. The third-order valence-corrected chi connectivity index (χ3v) is 2.73. The summed E-state index contributed by atoms with van der Waals surface area (Å²) in [6.45, 7) is 1.89. The molecule has 16 heavy (non-hydrogen) atoms. The number of esters is 3. The first-order valence-corrected chi connectivity index (χ1v) is 5.17. The van der Waals surface area contributed by atoms with Gasteiger partial charge in [0.2, 0.25) is 11.7 Å². The van der Waals surface area contributed by atoms with Crippen molar-refractivity contribution in [2.75, 3.05) is 6.61 Å². The molecule has 2 heterocycles. The highest BCUT2D eigenvalue weighted by Gasteiger charge is 2.57. The van der Waals surface area contributed by atoms with Crippen molar-refractivity contribution in [3.8, 4) is 0 Å². The molecular weight excluding hydrogens is 216 g/mol. The van der Waals surface area contributed by atoms with Crippen molar-refractivity contribution in [1.29, 1.82) is 0 Å². The van der Waals surface area contributed by atoms with E-state index in [1.165, 1.54) is 0 Å². The van der Waals surface area contributed by atoms with Crippen LogP contribution in [0.5, 0.6) is 0 Å². The molecule has 6 heteroatoms. The lowest BCUT2D eigenvalue weighted by atomic mass is 9.96. The van der Waals surface area contributed by atoms with Crippen molar-refractivity contribution in [2.45, 2.75) is 37.9 Å². The quantitative estimate of drug-likeness (QED) is 0.486. The topological polar surface area (TPSA) is 78.9 Å². The predicted octanol–water partition coefficient (Wildman–Crippen LogP) is -0.0592. The fraction of sp³-hybridized carbons (Fsp3) is 0.700. The normalized spacial score (nSPS) is 32.7. The van der Waals surface area contributed by atoms with Crippen LogP contribution in [0.2, 0.25) is 0 Å². The summed E-state index contributed by atoms with van der Waals surface area (Å²) >= 11 is 0. The molecule has 6 nitrogen and oxygen atoms in total. The Labute approximate surface area is 91.8 Å². The maximum absolute atomic E-state index is 11.6. The van der Waals surface area contributed by atoms with E-state index in [9.17, 15) is 14.4 Å². The van der Waals surface area contributed by atoms with Crippen LogP contribution < -0.4 is 0 Å². The Balaban J connectivity index is 2.07. The van der Waals surface area contributed by atoms with Gasteiger partial charge in [-0.1, -0.05) is 0 Å². The van der Waals surface area contributed by atoms with Gasteiger partial charge in [0, 0.05) is 19.3 Å². The molecule has 1 spiro atoms. The fourth-order valence-corrected chi connectivity index (χ4v) is 1.94. The lowest BCUT2D eigenvalue weighted by Crippen LogP contribution is -2.34. The second kappa shape index (κ2) is 3.77. The molecule has 2 atom stereocenters. The highest BCUT2D eigenvalue weighted by Crippen LogP contribution is 2.38. The van der Waals surface area contributed by atoms with Gasteiger partial charge in [-0.15, -0.1) is 0 Å². The van der Waals surface area contributed by atoms with Crippen LogP contribution in [0.1, 0.15) is 26.2 Å². The monoisotopic (exact) mass is 228 g/mol. The van der Waals surface area contributed by atoms with Crippen LogP contribution in [-0.2, 0) is 28.6 Å². The van der Waals surface area contributed by atoms with Gasteiger partial charge in [-0.05, 0) is 6.92 Å². The smallest absolute Gasteiger partial charge is 0.351 e. The molecule has 0 bridgehead atoms. The SMILES string of the molecule is CCOC(=O)[C@H]1C[C@@]2(CCC(=O)O2)C(=O)O1. The van der Waals surface area contributed by atoms with Gasteiger partial charge in [0.05, 0.1) is 6.61 Å². The van der Waals surface area contributed by atoms with E-state index in [0.29, 0.717) is 0 Å². The molecule has 0 amide bonds. The lowest BCUT2D eigenvalue weighted by Gasteiger charge is -2.15. The highest BCUT2D eigenvalue weighted by molar-refractivity contribution is 5.92. The zero-order valence-corrected chi connectivity index (χ0v) is 8.86. The van der Waals surface area contributed by atoms with Crippen molar-refractivity contribution in [1.82, 2.24) is 0 Å². The minimum atomic E-state index is -1.24. The minimum absolute atomic E-state index is 0.0659. The van der Waals surface area contributed by atoms with Crippen molar-refractivity contribution < 1.29 is 28.6 Å². The summed E-state index contributed by atoms with van der Waals surface area (Å²) in [6.07, 6.45) is -0.417. The molecular formula is C10H12O6. The van der Waals surface area contributed by atoms with E-state index in [1.807, 2.05) is 0 Å². The summed E-state index contributed by atoms with van der Waals surface area (Å²) in [6, 6.07) is 0. The van der Waals surface area contributed by atoms with E-state index in [4.69, 9.17) is 14.2 Å². The summed E-state index contributed by atoms with van der Waals surface area (Å²) < 4.78 is 14.6. The Bertz CT molecular complexity index is 349. The summed E-state index contributed by atoms with van der Waals surface area (Å²) in [4.78, 5) is 33.9. The number of hydrogen-bond donors (Lipinski definition) is 0. The molecule has 0 aliphatic carbocycles. The first-order chi connectivity index (χ1) is 7.57. The van der Waals surface area contributed by atoms with E-state index in [1.54, 1.807) is 6.92 Å². The molecule has 0 aromatic heterocycles. The van der Waals surface area contributed by atoms with Gasteiger partial charge in [-0.2, -0.15) is 0 Å². The van der Waals surface area contributed by atoms with Gasteiger partial charge in [-0.25, -0.2) is 9.59 Å². The number of carbonyl (C=O) groups is 3. The maximum atomic E-state index is 11.6. The van der Waals surface area contributed by atoms with Gasteiger partial charge in [0.15, 0.2) is 0 Å². The maximum Gasteiger partial charge on any atom is 0.351 e. The molecule has 0 saturated carbocycles. The third-order valence-electron chi connectivity index (χ3n) is 2.73. The molecule has 0 aromatic rings. The van der Waals surface area contributed by atoms with Gasteiger partial charge in [-0.3, -0.25) is 4.79 Å². The van der Waals surface area contributed by atoms with Gasteiger partial charge >= 0.3 is 17.9 Å². The first-order valence-electron chi connectivity index (χ1n) is 5.17. The van der Waals surface area contributed by atoms with Crippen LogP contribution in [-0.4, -0.2) is 36.2 Å². The van der Waals surface area contributed by atoms with Gasteiger partial charge in [0.1, 0.15) is 0 Å². The molecule has 2 aliphatic rings. The second-order valence-electron chi connectivity index (χ2n) is 3.82. The Kier molecular flexibility index (Phi) is 2.57. The summed E-state index contributed by atoms with van der Waals surface area (Å²) in [5.74, 6) is -1.66. The third kappa shape index (κ3) is 1.64. The first kappa shape index (κ1) is 10.9. The molecule has 0 N–H and O–H groups in total. The van der Waals surface area contributed by atoms with E-state index in [-0.39, 0.29) is 25.9 Å². The van der Waals surface area contributed by atoms with Crippen molar-refractivity contribution in [3.05, 3.63) is 0 Å². The molecule has 2 fully saturated rings. The largest absolute Gasteiger partial charge is 0.463 e. The highest BCUT2D eigenvalue weighted by atomic mass is 16.6. The zero-order valence-electron chi connectivity index (χ0n) is 8.86. The van der Waals surface area contributed by atoms with E-state index < -0.39 is 29.6 Å². The Morgan fingerprint density at radius 2 is 2.31 bits per heavy atom. The van der Waals surface area contributed by atoms with Gasteiger partial charge < -0.3 is 14.2 Å². The molecule has 88 valence electrons. The van der Waals surface area contributed by atoms with Crippen molar-refractivity contribution in [3.63, 3.8) is 0 Å². The predicted molar refractivity (Wildman–Crippen MR) is 49.2 cm³/mol. The van der Waals surface area contributed by atoms with Crippen LogP contribution >= 0.6 is 0 Å². The van der Waals surface area contributed by atoms with Crippen LogP contribution in [0.4, 0.5) is 0 Å². The Morgan fingerprint density at radius 1 is 1.56 bits per heavy atom. The molecule has 0 unspecified atom stereocenters. The van der Waals surface area contributed by atoms with E-state index in [0.717, 1.165) is 0 Å². The number of rotatable bonds is 2. The number of ether oxygens (including phenoxy) is 3. The Hall–Kier alpha value is -1.59. The van der Waals surface area contributed by atoms with E-state index >= 15 is 0 Å². The average Bonchev–Trinajstić information content (AvgIpc) is 2.74. The average molecular weight is 228 g/mol. The Morgan fingerprint density at radius 3 is 2.88 bits per heavy atom. The summed E-state index contributed by atoms with van der Waals surface area (Å²) in [5.41, 5.74) is -1.24. The van der Waals surface area contributed by atoms with Crippen LogP contribution in [0.25, 0.3) is 0 Å². The minimum Gasteiger partial charge on any atom is -0.463 e.